The molecule has 8 heteroatoms. The Morgan fingerprint density at radius 2 is 2.05 bits per heavy atom. The summed E-state index contributed by atoms with van der Waals surface area (Å²) < 4.78 is 38.1. The molecule has 1 heterocycles. The Morgan fingerprint density at radius 1 is 1.40 bits per heavy atom. The van der Waals surface area contributed by atoms with Crippen molar-refractivity contribution in [1.29, 1.82) is 0 Å². The van der Waals surface area contributed by atoms with Gasteiger partial charge in [-0.3, -0.25) is 4.79 Å². The first-order valence-electron chi connectivity index (χ1n) is 5.62. The van der Waals surface area contributed by atoms with Crippen molar-refractivity contribution in [2.24, 2.45) is 0 Å². The van der Waals surface area contributed by atoms with E-state index in [2.05, 4.69) is 0 Å². The number of halogens is 3. The quantitative estimate of drug-likeness (QED) is 0.841. The highest BCUT2D eigenvalue weighted by molar-refractivity contribution is 7.11. The van der Waals surface area contributed by atoms with Gasteiger partial charge in [-0.15, -0.1) is 11.3 Å². The van der Waals surface area contributed by atoms with Crippen molar-refractivity contribution in [3.05, 3.63) is 28.0 Å². The highest BCUT2D eigenvalue weighted by Crippen LogP contribution is 2.49. The minimum absolute atomic E-state index is 0.0931. The molecular formula is C12H10F3NO3S. The molecule has 108 valence electrons. The van der Waals surface area contributed by atoms with Crippen molar-refractivity contribution in [3.8, 4) is 0 Å². The van der Waals surface area contributed by atoms with Gasteiger partial charge in [0.1, 0.15) is 5.54 Å². The summed E-state index contributed by atoms with van der Waals surface area (Å²) in [5.41, 5.74) is -2.00. The molecule has 1 fully saturated rings. The van der Waals surface area contributed by atoms with Crippen LogP contribution in [0.3, 0.4) is 0 Å². The van der Waals surface area contributed by atoms with Crippen LogP contribution in [0.25, 0.3) is 6.08 Å². The van der Waals surface area contributed by atoms with E-state index in [9.17, 15) is 22.8 Å². The fourth-order valence-electron chi connectivity index (χ4n) is 1.61. The van der Waals surface area contributed by atoms with E-state index in [0.29, 0.717) is 4.88 Å². The molecule has 20 heavy (non-hydrogen) atoms. The summed E-state index contributed by atoms with van der Waals surface area (Å²) in [6.07, 6.45) is -2.51. The van der Waals surface area contributed by atoms with Gasteiger partial charge in [0.15, 0.2) is 0 Å². The Labute approximate surface area is 115 Å². The van der Waals surface area contributed by atoms with Crippen LogP contribution in [0.4, 0.5) is 13.2 Å². The number of rotatable bonds is 4. The van der Waals surface area contributed by atoms with E-state index in [-0.39, 0.29) is 18.4 Å². The lowest BCUT2D eigenvalue weighted by Gasteiger charge is -2.20. The zero-order chi connectivity index (χ0) is 15.0. The van der Waals surface area contributed by atoms with E-state index in [1.165, 1.54) is 17.5 Å². The van der Waals surface area contributed by atoms with Crippen LogP contribution >= 0.6 is 11.3 Å². The van der Waals surface area contributed by atoms with Crippen LogP contribution in [-0.4, -0.2) is 28.7 Å². The summed E-state index contributed by atoms with van der Waals surface area (Å²) in [5, 5.41) is 11.9. The highest BCUT2D eigenvalue weighted by atomic mass is 32.1. The first kappa shape index (κ1) is 14.6. The maximum atomic E-state index is 12.7. The molecule has 0 spiro atoms. The summed E-state index contributed by atoms with van der Waals surface area (Å²) in [6, 6.07) is 1.35. The van der Waals surface area contributed by atoms with Gasteiger partial charge in [-0.2, -0.15) is 13.2 Å². The second-order valence-electron chi connectivity index (χ2n) is 4.44. The number of amides is 1. The summed E-state index contributed by atoms with van der Waals surface area (Å²) in [7, 11) is 0. The van der Waals surface area contributed by atoms with Gasteiger partial charge < -0.3 is 10.4 Å². The van der Waals surface area contributed by atoms with Gasteiger partial charge in [0.2, 0.25) is 0 Å². The largest absolute Gasteiger partial charge is 0.478 e. The Kier molecular flexibility index (Phi) is 3.59. The molecule has 0 bridgehead atoms. The summed E-state index contributed by atoms with van der Waals surface area (Å²) in [6.45, 7) is 0. The smallest absolute Gasteiger partial charge is 0.411 e. The molecule has 0 atom stereocenters. The number of nitrogens with one attached hydrogen (secondary N) is 1. The number of carboxylic acid groups (broad SMARTS) is 1. The molecule has 0 saturated heterocycles. The maximum Gasteiger partial charge on any atom is 0.411 e. The summed E-state index contributed by atoms with van der Waals surface area (Å²) >= 11 is 1.08. The van der Waals surface area contributed by atoms with Crippen molar-refractivity contribution >= 4 is 29.3 Å². The third kappa shape index (κ3) is 3.01. The van der Waals surface area contributed by atoms with E-state index in [4.69, 9.17) is 5.11 Å². The van der Waals surface area contributed by atoms with E-state index in [0.717, 1.165) is 17.4 Å². The predicted octanol–water partition coefficient (Wildman–Crippen LogP) is 2.67. The second-order valence-corrected chi connectivity index (χ2v) is 5.39. The Morgan fingerprint density at radius 3 is 2.55 bits per heavy atom. The monoisotopic (exact) mass is 305 g/mol. The van der Waals surface area contributed by atoms with Crippen molar-refractivity contribution < 1.29 is 27.9 Å². The lowest BCUT2D eigenvalue weighted by atomic mass is 10.2. The molecule has 1 aliphatic rings. The van der Waals surface area contributed by atoms with E-state index in [1.54, 1.807) is 0 Å². The van der Waals surface area contributed by atoms with Crippen molar-refractivity contribution in [1.82, 2.24) is 5.32 Å². The first-order valence-corrected chi connectivity index (χ1v) is 6.50. The van der Waals surface area contributed by atoms with Gasteiger partial charge in [0.05, 0.1) is 5.56 Å². The van der Waals surface area contributed by atoms with Crippen LogP contribution < -0.4 is 5.32 Å². The van der Waals surface area contributed by atoms with Gasteiger partial charge in [-0.05, 0) is 25.0 Å². The molecule has 0 aromatic carbocycles. The second kappa shape index (κ2) is 4.93. The van der Waals surface area contributed by atoms with Crippen LogP contribution in [0.15, 0.2) is 17.5 Å². The third-order valence-corrected chi connectivity index (χ3v) is 3.82. The first-order chi connectivity index (χ1) is 9.23. The third-order valence-electron chi connectivity index (χ3n) is 2.92. The molecule has 1 aromatic rings. The molecule has 1 saturated carbocycles. The lowest BCUT2D eigenvalue weighted by Crippen LogP contribution is -2.47. The van der Waals surface area contributed by atoms with E-state index >= 15 is 0 Å². The van der Waals surface area contributed by atoms with Gasteiger partial charge in [0.25, 0.3) is 5.91 Å². The topological polar surface area (TPSA) is 66.4 Å². The zero-order valence-electron chi connectivity index (χ0n) is 10.0. The number of carbonyl (C=O) groups excluding carboxylic acids is 1. The maximum absolute atomic E-state index is 12.7. The molecule has 1 aromatic heterocycles. The van der Waals surface area contributed by atoms with Crippen LogP contribution in [-0.2, 0) is 4.79 Å². The molecule has 1 aliphatic carbocycles. The number of aliphatic carboxylic acids is 1. The van der Waals surface area contributed by atoms with Gasteiger partial charge >= 0.3 is 12.1 Å². The molecule has 0 unspecified atom stereocenters. The molecule has 4 nitrogen and oxygen atoms in total. The number of hydrogen-bond acceptors (Lipinski definition) is 3. The van der Waals surface area contributed by atoms with Crippen LogP contribution in [0.2, 0.25) is 0 Å². The predicted molar refractivity (Wildman–Crippen MR) is 66.5 cm³/mol. The number of alkyl halides is 3. The van der Waals surface area contributed by atoms with Crippen LogP contribution in [0.5, 0.6) is 0 Å². The molecule has 1 amide bonds. The van der Waals surface area contributed by atoms with Gasteiger partial charge in [-0.25, -0.2) is 4.79 Å². The SMILES string of the molecule is O=C(O)/C=C/c1cc(C(=O)NC2(C(F)(F)F)CC2)cs1. The van der Waals surface area contributed by atoms with Crippen LogP contribution in [0.1, 0.15) is 28.1 Å². The van der Waals surface area contributed by atoms with Crippen molar-refractivity contribution in [2.45, 2.75) is 24.6 Å². The molecular weight excluding hydrogens is 295 g/mol. The zero-order valence-corrected chi connectivity index (χ0v) is 10.8. The van der Waals surface area contributed by atoms with Crippen molar-refractivity contribution in [2.75, 3.05) is 0 Å². The number of thiophene rings is 1. The number of carboxylic acids is 1. The molecule has 2 N–H and O–H groups in total. The highest BCUT2D eigenvalue weighted by Gasteiger charge is 2.64. The standard InChI is InChI=1S/C12H10F3NO3S/c13-12(14,15)11(3-4-11)16-10(19)7-5-8(20-6-7)1-2-9(17)18/h1-2,5-6H,3-4H2,(H,16,19)(H,17,18)/b2-1+. The molecule has 0 radical (unpaired) electrons. The number of carbonyl (C=O) groups is 2. The minimum atomic E-state index is -4.45. The normalized spacial score (nSPS) is 17.1. The van der Waals surface area contributed by atoms with Gasteiger partial charge in [-0.1, -0.05) is 0 Å². The minimum Gasteiger partial charge on any atom is -0.478 e. The fourth-order valence-corrected chi connectivity index (χ4v) is 2.39. The van der Waals surface area contributed by atoms with E-state index in [1.807, 2.05) is 5.32 Å². The average molecular weight is 305 g/mol. The Bertz CT molecular complexity index is 573. The van der Waals surface area contributed by atoms with Crippen molar-refractivity contribution in [3.63, 3.8) is 0 Å². The number of hydrogen-bond donors (Lipinski definition) is 2. The average Bonchev–Trinajstić information content (AvgIpc) is 2.97. The Hall–Kier alpha value is -1.83. The lowest BCUT2D eigenvalue weighted by molar-refractivity contribution is -0.163. The van der Waals surface area contributed by atoms with E-state index < -0.39 is 23.6 Å². The summed E-state index contributed by atoms with van der Waals surface area (Å²) in [5.74, 6) is -1.94. The summed E-state index contributed by atoms with van der Waals surface area (Å²) in [4.78, 5) is 22.6. The molecule has 0 aliphatic heterocycles. The van der Waals surface area contributed by atoms with Gasteiger partial charge in [0, 0.05) is 16.3 Å². The molecule has 2 rings (SSSR count). The fraction of sp³-hybridized carbons (Fsp3) is 0.333. The van der Waals surface area contributed by atoms with Crippen LogP contribution in [0, 0.1) is 0 Å². The Balaban J connectivity index is 2.06.